The molecular weight excluding hydrogens is 407 g/mol. The standard InChI is InChI=1S/C22H21FN2O4S/c1-28-18-5-7-20(8-6-18)30(26,27)25(15-19-3-2-12-29-19)11-10-16-14-24-22-9-4-17(23)13-21(16)22/h2-9,12-14,24H,10-11,15H2,1H3. The van der Waals surface area contributed by atoms with Gasteiger partial charge in [-0.3, -0.25) is 0 Å². The second kappa shape index (κ2) is 8.33. The molecule has 30 heavy (non-hydrogen) atoms. The first-order valence-electron chi connectivity index (χ1n) is 9.39. The van der Waals surface area contributed by atoms with E-state index >= 15 is 0 Å². The summed E-state index contributed by atoms with van der Waals surface area (Å²) in [6, 6.07) is 14.2. The minimum atomic E-state index is -3.78. The predicted molar refractivity (Wildman–Crippen MR) is 111 cm³/mol. The average molecular weight is 428 g/mol. The molecule has 2 aromatic heterocycles. The highest BCUT2D eigenvalue weighted by atomic mass is 32.2. The lowest BCUT2D eigenvalue weighted by atomic mass is 10.1. The lowest BCUT2D eigenvalue weighted by molar-refractivity contribution is 0.366. The zero-order valence-corrected chi connectivity index (χ0v) is 17.2. The van der Waals surface area contributed by atoms with Gasteiger partial charge in [0.15, 0.2) is 0 Å². The number of hydrogen-bond donors (Lipinski definition) is 1. The molecule has 156 valence electrons. The molecule has 2 heterocycles. The molecule has 0 fully saturated rings. The second-order valence-electron chi connectivity index (χ2n) is 6.85. The maximum Gasteiger partial charge on any atom is 0.243 e. The molecule has 4 aromatic rings. The Labute approximate surface area is 173 Å². The van der Waals surface area contributed by atoms with Crippen LogP contribution in [-0.2, 0) is 23.0 Å². The third kappa shape index (κ3) is 4.10. The van der Waals surface area contributed by atoms with Gasteiger partial charge in [0.05, 0.1) is 24.8 Å². The molecule has 6 nitrogen and oxygen atoms in total. The first-order chi connectivity index (χ1) is 14.5. The number of halogens is 1. The van der Waals surface area contributed by atoms with Crippen LogP contribution in [0.1, 0.15) is 11.3 Å². The highest BCUT2D eigenvalue weighted by molar-refractivity contribution is 7.89. The van der Waals surface area contributed by atoms with Gasteiger partial charge >= 0.3 is 0 Å². The quantitative estimate of drug-likeness (QED) is 0.453. The summed E-state index contributed by atoms with van der Waals surface area (Å²) in [5.41, 5.74) is 1.65. The van der Waals surface area contributed by atoms with Gasteiger partial charge in [-0.05, 0) is 66.6 Å². The van der Waals surface area contributed by atoms with Crippen LogP contribution >= 0.6 is 0 Å². The second-order valence-corrected chi connectivity index (χ2v) is 8.79. The molecule has 0 aliphatic carbocycles. The van der Waals surface area contributed by atoms with Crippen molar-refractivity contribution in [3.8, 4) is 5.75 Å². The third-order valence-corrected chi connectivity index (χ3v) is 6.83. The summed E-state index contributed by atoms with van der Waals surface area (Å²) in [6.45, 7) is 0.302. The Kier molecular flexibility index (Phi) is 5.61. The number of ether oxygens (including phenoxy) is 1. The van der Waals surface area contributed by atoms with Gasteiger partial charge < -0.3 is 14.1 Å². The molecule has 0 bridgehead atoms. The van der Waals surface area contributed by atoms with Crippen molar-refractivity contribution < 1.29 is 22.0 Å². The van der Waals surface area contributed by atoms with Crippen molar-refractivity contribution in [2.75, 3.05) is 13.7 Å². The Hall–Kier alpha value is -3.10. The number of nitrogens with one attached hydrogen (secondary N) is 1. The molecule has 0 aliphatic rings. The molecule has 2 aromatic carbocycles. The van der Waals surface area contributed by atoms with E-state index in [4.69, 9.17) is 9.15 Å². The monoisotopic (exact) mass is 428 g/mol. The summed E-state index contributed by atoms with van der Waals surface area (Å²) >= 11 is 0. The molecule has 0 amide bonds. The van der Waals surface area contributed by atoms with E-state index < -0.39 is 10.0 Å². The molecule has 0 radical (unpaired) electrons. The SMILES string of the molecule is COc1ccc(S(=O)(=O)N(CCc2c[nH]c3ccc(F)cc23)Cc2ccco2)cc1. The Morgan fingerprint density at radius 1 is 1.13 bits per heavy atom. The Morgan fingerprint density at radius 2 is 1.93 bits per heavy atom. The smallest absolute Gasteiger partial charge is 0.243 e. The van der Waals surface area contributed by atoms with E-state index in [0.717, 1.165) is 16.5 Å². The van der Waals surface area contributed by atoms with E-state index in [-0.39, 0.29) is 23.8 Å². The van der Waals surface area contributed by atoms with Gasteiger partial charge in [-0.2, -0.15) is 4.31 Å². The number of H-pyrrole nitrogens is 1. The molecule has 0 saturated carbocycles. The summed E-state index contributed by atoms with van der Waals surface area (Å²) in [5, 5.41) is 0.745. The summed E-state index contributed by atoms with van der Waals surface area (Å²) in [5.74, 6) is 0.783. The number of methoxy groups -OCH3 is 1. The van der Waals surface area contributed by atoms with Crippen LogP contribution in [0.3, 0.4) is 0 Å². The van der Waals surface area contributed by atoms with E-state index in [9.17, 15) is 12.8 Å². The Bertz CT molecular complexity index is 1230. The van der Waals surface area contributed by atoms with Crippen LogP contribution < -0.4 is 4.74 Å². The number of aromatic nitrogens is 1. The van der Waals surface area contributed by atoms with E-state index in [1.54, 1.807) is 36.5 Å². The minimum Gasteiger partial charge on any atom is -0.497 e. The van der Waals surface area contributed by atoms with Gasteiger partial charge in [0.25, 0.3) is 0 Å². The molecule has 1 N–H and O–H groups in total. The van der Waals surface area contributed by atoms with Crippen molar-refractivity contribution in [1.82, 2.24) is 9.29 Å². The van der Waals surface area contributed by atoms with E-state index in [1.165, 1.54) is 41.9 Å². The van der Waals surface area contributed by atoms with E-state index in [2.05, 4.69) is 4.98 Å². The van der Waals surface area contributed by atoms with Gasteiger partial charge in [-0.15, -0.1) is 0 Å². The fourth-order valence-electron chi connectivity index (χ4n) is 3.36. The zero-order chi connectivity index (χ0) is 21.1. The topological polar surface area (TPSA) is 75.5 Å². The van der Waals surface area contributed by atoms with Crippen LogP contribution in [0.15, 0.2) is 76.4 Å². The molecule has 0 unspecified atom stereocenters. The Balaban J connectivity index is 1.62. The van der Waals surface area contributed by atoms with Crippen molar-refractivity contribution >= 4 is 20.9 Å². The van der Waals surface area contributed by atoms with E-state index in [1.807, 2.05) is 0 Å². The molecule has 0 spiro atoms. The highest BCUT2D eigenvalue weighted by Gasteiger charge is 2.26. The summed E-state index contributed by atoms with van der Waals surface area (Å²) in [7, 11) is -2.26. The molecule has 0 saturated heterocycles. The number of hydrogen-bond acceptors (Lipinski definition) is 4. The number of benzene rings is 2. The maximum atomic E-state index is 13.7. The first-order valence-corrected chi connectivity index (χ1v) is 10.8. The van der Waals surface area contributed by atoms with Crippen LogP contribution in [-0.4, -0.2) is 31.4 Å². The molecular formula is C22H21FN2O4S. The Morgan fingerprint density at radius 3 is 2.63 bits per heavy atom. The van der Waals surface area contributed by atoms with Crippen molar-refractivity contribution in [2.24, 2.45) is 0 Å². The fraction of sp³-hybridized carbons (Fsp3) is 0.182. The highest BCUT2D eigenvalue weighted by Crippen LogP contribution is 2.24. The van der Waals surface area contributed by atoms with Gasteiger partial charge in [0, 0.05) is 23.6 Å². The first kappa shape index (κ1) is 20.2. The number of furan rings is 1. The van der Waals surface area contributed by atoms with Crippen LogP contribution in [0, 0.1) is 5.82 Å². The molecule has 8 heteroatoms. The number of fused-ring (bicyclic) bond motifs is 1. The van der Waals surface area contributed by atoms with Crippen molar-refractivity contribution in [2.45, 2.75) is 17.9 Å². The van der Waals surface area contributed by atoms with E-state index in [0.29, 0.717) is 17.9 Å². The summed E-state index contributed by atoms with van der Waals surface area (Å²) in [4.78, 5) is 3.27. The van der Waals surface area contributed by atoms with Crippen molar-refractivity contribution in [1.29, 1.82) is 0 Å². The number of aromatic amines is 1. The number of nitrogens with zero attached hydrogens (tertiary/aromatic N) is 1. The van der Waals surface area contributed by atoms with Gasteiger partial charge in [-0.1, -0.05) is 0 Å². The normalized spacial score (nSPS) is 12.0. The maximum absolute atomic E-state index is 13.7. The van der Waals surface area contributed by atoms with Gasteiger partial charge in [0.1, 0.15) is 17.3 Å². The van der Waals surface area contributed by atoms with Crippen LogP contribution in [0.25, 0.3) is 10.9 Å². The van der Waals surface area contributed by atoms with Crippen LogP contribution in [0.4, 0.5) is 4.39 Å². The minimum absolute atomic E-state index is 0.0953. The third-order valence-electron chi connectivity index (χ3n) is 4.97. The largest absolute Gasteiger partial charge is 0.497 e. The van der Waals surface area contributed by atoms with Crippen molar-refractivity contribution in [3.05, 3.63) is 84.2 Å². The summed E-state index contributed by atoms with van der Waals surface area (Å²) < 4.78 is 52.2. The lowest BCUT2D eigenvalue weighted by Gasteiger charge is -2.21. The summed E-state index contributed by atoms with van der Waals surface area (Å²) in [6.07, 6.45) is 3.71. The zero-order valence-electron chi connectivity index (χ0n) is 16.3. The van der Waals surface area contributed by atoms with Crippen LogP contribution in [0.5, 0.6) is 5.75 Å². The molecule has 4 rings (SSSR count). The average Bonchev–Trinajstić information content (AvgIpc) is 3.40. The predicted octanol–water partition coefficient (Wildman–Crippen LogP) is 4.34. The van der Waals surface area contributed by atoms with Crippen molar-refractivity contribution in [3.63, 3.8) is 0 Å². The number of rotatable bonds is 8. The number of sulfonamides is 1. The fourth-order valence-corrected chi connectivity index (χ4v) is 4.77. The van der Waals surface area contributed by atoms with Gasteiger partial charge in [-0.25, -0.2) is 12.8 Å². The lowest BCUT2D eigenvalue weighted by Crippen LogP contribution is -2.32. The van der Waals surface area contributed by atoms with Gasteiger partial charge in [0.2, 0.25) is 10.0 Å². The van der Waals surface area contributed by atoms with Crippen LogP contribution in [0.2, 0.25) is 0 Å². The molecule has 0 aliphatic heterocycles. The molecule has 0 atom stereocenters.